The lowest BCUT2D eigenvalue weighted by Gasteiger charge is -2.11. The van der Waals surface area contributed by atoms with Gasteiger partial charge in [-0.3, -0.25) is 14.4 Å². The van der Waals surface area contributed by atoms with E-state index >= 15 is 0 Å². The van der Waals surface area contributed by atoms with Crippen LogP contribution in [-0.4, -0.2) is 36.2 Å². The second-order valence-electron chi connectivity index (χ2n) is 5.71. The molecule has 0 bridgehead atoms. The Morgan fingerprint density at radius 2 is 1.89 bits per heavy atom. The van der Waals surface area contributed by atoms with Crippen molar-refractivity contribution in [3.05, 3.63) is 63.8 Å². The Kier molecular flexibility index (Phi) is 5.95. The maximum atomic E-state index is 12.5. The fourth-order valence-corrected chi connectivity index (χ4v) is 2.80. The van der Waals surface area contributed by atoms with Gasteiger partial charge in [0.25, 0.3) is 11.8 Å². The van der Waals surface area contributed by atoms with Crippen LogP contribution in [-0.2, 0) is 9.59 Å². The van der Waals surface area contributed by atoms with Crippen molar-refractivity contribution in [3.63, 3.8) is 0 Å². The molecule has 0 aliphatic carbocycles. The average Bonchev–Trinajstić information content (AvgIpc) is 3.13. The van der Waals surface area contributed by atoms with Crippen LogP contribution in [0.15, 0.2) is 52.6 Å². The number of amides is 2. The van der Waals surface area contributed by atoms with E-state index in [2.05, 4.69) is 26.6 Å². The molecule has 8 nitrogen and oxygen atoms in total. The number of benzene rings is 2. The van der Waals surface area contributed by atoms with Crippen LogP contribution >= 0.6 is 15.9 Å². The molecule has 0 fully saturated rings. The summed E-state index contributed by atoms with van der Waals surface area (Å²) in [7, 11) is 0. The quantitative estimate of drug-likeness (QED) is 0.585. The largest absolute Gasteiger partial charge is 0.480 e. The van der Waals surface area contributed by atoms with E-state index in [1.54, 1.807) is 42.5 Å². The first-order valence-corrected chi connectivity index (χ1v) is 8.90. The van der Waals surface area contributed by atoms with Crippen LogP contribution in [0.2, 0.25) is 0 Å². The number of fused-ring (bicyclic) bond motifs is 1. The standard InChI is InChI=1S/C19H15BrN2O6/c20-13-3-1-2-12(8-13)18(25)22-14(19(26)21-9-17(23)24)6-11-4-5-15-16(7-11)28-10-27-15/h1-8H,9-10H2,(H,21,26)(H,22,25)(H,23,24). The molecular weight excluding hydrogens is 432 g/mol. The number of carbonyl (C=O) groups excluding carboxylic acids is 2. The minimum Gasteiger partial charge on any atom is -0.480 e. The van der Waals surface area contributed by atoms with Crippen molar-refractivity contribution in [2.75, 3.05) is 13.3 Å². The number of rotatable bonds is 6. The summed E-state index contributed by atoms with van der Waals surface area (Å²) < 4.78 is 11.2. The maximum Gasteiger partial charge on any atom is 0.322 e. The van der Waals surface area contributed by atoms with Gasteiger partial charge in [-0.05, 0) is 42.0 Å². The highest BCUT2D eigenvalue weighted by atomic mass is 79.9. The number of hydrogen-bond acceptors (Lipinski definition) is 5. The van der Waals surface area contributed by atoms with Crippen molar-refractivity contribution in [3.8, 4) is 11.5 Å². The summed E-state index contributed by atoms with van der Waals surface area (Å²) in [5, 5.41) is 13.5. The fraction of sp³-hybridized carbons (Fsp3) is 0.105. The first kappa shape index (κ1) is 19.4. The van der Waals surface area contributed by atoms with Gasteiger partial charge in [-0.15, -0.1) is 0 Å². The maximum absolute atomic E-state index is 12.5. The van der Waals surface area contributed by atoms with E-state index in [0.717, 1.165) is 0 Å². The summed E-state index contributed by atoms with van der Waals surface area (Å²) in [6, 6.07) is 11.7. The lowest BCUT2D eigenvalue weighted by atomic mass is 10.1. The average molecular weight is 447 g/mol. The smallest absolute Gasteiger partial charge is 0.322 e. The summed E-state index contributed by atoms with van der Waals surface area (Å²) in [5.41, 5.74) is 0.793. The highest BCUT2D eigenvalue weighted by molar-refractivity contribution is 9.10. The Balaban J connectivity index is 1.87. The van der Waals surface area contributed by atoms with Gasteiger partial charge in [-0.25, -0.2) is 0 Å². The molecule has 0 saturated heterocycles. The van der Waals surface area contributed by atoms with E-state index in [1.165, 1.54) is 6.08 Å². The third-order valence-corrected chi connectivity index (χ3v) is 4.18. The molecule has 2 amide bonds. The van der Waals surface area contributed by atoms with Gasteiger partial charge in [0.2, 0.25) is 6.79 Å². The van der Waals surface area contributed by atoms with Gasteiger partial charge >= 0.3 is 5.97 Å². The second kappa shape index (κ2) is 8.57. The molecule has 3 N–H and O–H groups in total. The third-order valence-electron chi connectivity index (χ3n) is 3.69. The third kappa shape index (κ3) is 4.89. The fourth-order valence-electron chi connectivity index (χ4n) is 2.40. The lowest BCUT2D eigenvalue weighted by molar-refractivity contribution is -0.137. The second-order valence-corrected chi connectivity index (χ2v) is 6.63. The number of carboxylic acids is 1. The lowest BCUT2D eigenvalue weighted by Crippen LogP contribution is -2.37. The van der Waals surface area contributed by atoms with Crippen LogP contribution in [0.4, 0.5) is 0 Å². The Hall–Kier alpha value is -3.33. The molecule has 0 unspecified atom stereocenters. The van der Waals surface area contributed by atoms with Crippen LogP contribution in [0.3, 0.4) is 0 Å². The summed E-state index contributed by atoms with van der Waals surface area (Å²) in [6.45, 7) is -0.474. The van der Waals surface area contributed by atoms with Gasteiger partial charge < -0.3 is 25.2 Å². The SMILES string of the molecule is O=C(O)CNC(=O)C(=Cc1ccc2c(c1)OCO2)NC(=O)c1cccc(Br)c1. The zero-order chi connectivity index (χ0) is 20.1. The minimum absolute atomic E-state index is 0.105. The van der Waals surface area contributed by atoms with Crippen molar-refractivity contribution in [2.45, 2.75) is 0 Å². The number of aliphatic carboxylic acids is 1. The molecule has 0 spiro atoms. The molecule has 9 heteroatoms. The molecule has 0 saturated carbocycles. The van der Waals surface area contributed by atoms with E-state index in [0.29, 0.717) is 27.1 Å². The van der Waals surface area contributed by atoms with Crippen LogP contribution in [0, 0.1) is 0 Å². The van der Waals surface area contributed by atoms with Gasteiger partial charge in [-0.2, -0.15) is 0 Å². The van der Waals surface area contributed by atoms with Crippen LogP contribution in [0.25, 0.3) is 6.08 Å². The number of halogens is 1. The number of hydrogen-bond donors (Lipinski definition) is 3. The van der Waals surface area contributed by atoms with E-state index in [-0.39, 0.29) is 12.5 Å². The van der Waals surface area contributed by atoms with Gasteiger partial charge in [0.15, 0.2) is 11.5 Å². The summed E-state index contributed by atoms with van der Waals surface area (Å²) >= 11 is 3.28. The Bertz CT molecular complexity index is 973. The van der Waals surface area contributed by atoms with Crippen molar-refractivity contribution in [2.24, 2.45) is 0 Å². The topological polar surface area (TPSA) is 114 Å². The summed E-state index contributed by atoms with van der Waals surface area (Å²) in [6.07, 6.45) is 1.43. The van der Waals surface area contributed by atoms with Gasteiger partial charge in [-0.1, -0.05) is 28.1 Å². The Labute approximate surface area is 168 Å². The predicted octanol–water partition coefficient (Wildman–Crippen LogP) is 2.15. The van der Waals surface area contributed by atoms with Crippen molar-refractivity contribution >= 4 is 39.8 Å². The molecule has 2 aromatic rings. The zero-order valence-electron chi connectivity index (χ0n) is 14.4. The van der Waals surface area contributed by atoms with Gasteiger partial charge in [0, 0.05) is 10.0 Å². The molecule has 0 atom stereocenters. The molecule has 144 valence electrons. The van der Waals surface area contributed by atoms with Gasteiger partial charge in [0.05, 0.1) is 0 Å². The number of nitrogens with one attached hydrogen (secondary N) is 2. The Morgan fingerprint density at radius 3 is 2.64 bits per heavy atom. The molecule has 0 radical (unpaired) electrons. The van der Waals surface area contributed by atoms with Crippen molar-refractivity contribution in [1.29, 1.82) is 0 Å². The van der Waals surface area contributed by atoms with Crippen LogP contribution in [0.1, 0.15) is 15.9 Å². The predicted molar refractivity (Wildman–Crippen MR) is 103 cm³/mol. The molecule has 2 aromatic carbocycles. The normalized spacial score (nSPS) is 12.4. The number of carbonyl (C=O) groups is 3. The molecule has 1 aliphatic rings. The van der Waals surface area contributed by atoms with E-state index in [9.17, 15) is 14.4 Å². The van der Waals surface area contributed by atoms with Crippen molar-refractivity contribution < 1.29 is 29.0 Å². The van der Waals surface area contributed by atoms with Crippen LogP contribution in [0.5, 0.6) is 11.5 Å². The molecular formula is C19H15BrN2O6. The number of ether oxygens (including phenoxy) is 2. The zero-order valence-corrected chi connectivity index (χ0v) is 16.0. The highest BCUT2D eigenvalue weighted by Crippen LogP contribution is 2.33. The molecule has 1 aliphatic heterocycles. The van der Waals surface area contributed by atoms with E-state index in [1.807, 2.05) is 0 Å². The first-order valence-electron chi connectivity index (χ1n) is 8.10. The molecule has 0 aromatic heterocycles. The molecule has 3 rings (SSSR count). The van der Waals surface area contributed by atoms with Crippen LogP contribution < -0.4 is 20.1 Å². The summed E-state index contributed by atoms with van der Waals surface area (Å²) in [5.74, 6) is -1.36. The first-order chi connectivity index (χ1) is 13.4. The van der Waals surface area contributed by atoms with E-state index in [4.69, 9.17) is 14.6 Å². The minimum atomic E-state index is -1.20. The van der Waals surface area contributed by atoms with E-state index < -0.39 is 24.3 Å². The number of carboxylic acid groups (broad SMARTS) is 1. The highest BCUT2D eigenvalue weighted by Gasteiger charge is 2.17. The summed E-state index contributed by atoms with van der Waals surface area (Å²) in [4.78, 5) is 35.6. The van der Waals surface area contributed by atoms with Gasteiger partial charge in [0.1, 0.15) is 12.2 Å². The monoisotopic (exact) mass is 446 g/mol. The molecule has 28 heavy (non-hydrogen) atoms. The molecule has 1 heterocycles. The Morgan fingerprint density at radius 1 is 1.11 bits per heavy atom. The van der Waals surface area contributed by atoms with Crippen molar-refractivity contribution in [1.82, 2.24) is 10.6 Å².